The molecule has 1 amide bonds. The van der Waals surface area contributed by atoms with Crippen molar-refractivity contribution in [2.75, 3.05) is 7.05 Å². The number of hydrogen-bond donors (Lipinski definition) is 0. The van der Waals surface area contributed by atoms with E-state index in [4.69, 9.17) is 0 Å². The van der Waals surface area contributed by atoms with Crippen LogP contribution in [0.25, 0.3) is 17.1 Å². The van der Waals surface area contributed by atoms with Crippen molar-refractivity contribution in [3.05, 3.63) is 54.1 Å². The second-order valence-corrected chi connectivity index (χ2v) is 6.99. The molecule has 1 fully saturated rings. The van der Waals surface area contributed by atoms with Gasteiger partial charge in [0.15, 0.2) is 0 Å². The van der Waals surface area contributed by atoms with Crippen molar-refractivity contribution in [1.29, 1.82) is 0 Å². The summed E-state index contributed by atoms with van der Waals surface area (Å²) in [6.45, 7) is 4.82. The van der Waals surface area contributed by atoms with E-state index >= 15 is 0 Å². The summed E-state index contributed by atoms with van der Waals surface area (Å²) in [6, 6.07) is 10.6. The monoisotopic (exact) mass is 349 g/mol. The van der Waals surface area contributed by atoms with Gasteiger partial charge in [-0.2, -0.15) is 5.10 Å². The van der Waals surface area contributed by atoms with Crippen LogP contribution in [0.3, 0.4) is 0 Å². The number of hydrogen-bond acceptors (Lipinski definition) is 3. The van der Waals surface area contributed by atoms with Crippen molar-refractivity contribution in [2.45, 2.75) is 39.3 Å². The van der Waals surface area contributed by atoms with Crippen LogP contribution in [0.2, 0.25) is 0 Å². The third-order valence-electron chi connectivity index (χ3n) is 5.11. The van der Waals surface area contributed by atoms with Crippen LogP contribution < -0.4 is 0 Å². The molecule has 1 aromatic carbocycles. The van der Waals surface area contributed by atoms with E-state index in [0.717, 1.165) is 41.4 Å². The van der Waals surface area contributed by atoms with Gasteiger partial charge in [0, 0.05) is 49.7 Å². The molecule has 1 aliphatic heterocycles. The normalized spacial score (nSPS) is 17.3. The molecule has 1 saturated heterocycles. The summed E-state index contributed by atoms with van der Waals surface area (Å²) >= 11 is 0. The molecule has 6 nitrogen and oxygen atoms in total. The molecular formula is C20H23N5O. The maximum Gasteiger partial charge on any atom is 0.222 e. The number of carbonyl (C=O) groups excluding carboxylic acids is 1. The fraction of sp³-hybridized carbons (Fsp3) is 0.350. The van der Waals surface area contributed by atoms with Gasteiger partial charge in [0.25, 0.3) is 0 Å². The first-order chi connectivity index (χ1) is 12.5. The molecule has 1 atom stereocenters. The first-order valence-corrected chi connectivity index (χ1v) is 8.94. The lowest BCUT2D eigenvalue weighted by Crippen LogP contribution is -2.32. The Labute approximate surface area is 153 Å². The van der Waals surface area contributed by atoms with Gasteiger partial charge in [-0.3, -0.25) is 4.79 Å². The van der Waals surface area contributed by atoms with E-state index < -0.39 is 0 Å². The Morgan fingerprint density at radius 1 is 1.23 bits per heavy atom. The summed E-state index contributed by atoms with van der Waals surface area (Å²) in [6.07, 6.45) is 5.35. The molecule has 0 N–H and O–H groups in total. The molecule has 0 bridgehead atoms. The van der Waals surface area contributed by atoms with Crippen LogP contribution >= 0.6 is 0 Å². The summed E-state index contributed by atoms with van der Waals surface area (Å²) in [5.74, 6) is 1.14. The molecule has 3 aromatic rings. The fourth-order valence-corrected chi connectivity index (χ4v) is 3.69. The first kappa shape index (κ1) is 16.6. The number of aromatic nitrogens is 4. The Morgan fingerprint density at radius 2 is 2.08 bits per heavy atom. The van der Waals surface area contributed by atoms with Crippen LogP contribution in [0.1, 0.15) is 24.2 Å². The Hall–Kier alpha value is -2.89. The summed E-state index contributed by atoms with van der Waals surface area (Å²) in [5, 5.41) is 4.57. The topological polar surface area (TPSA) is 56.0 Å². The van der Waals surface area contributed by atoms with Gasteiger partial charge < -0.3 is 9.47 Å². The second kappa shape index (κ2) is 6.44. The molecule has 0 radical (unpaired) electrons. The van der Waals surface area contributed by atoms with Crippen molar-refractivity contribution >= 4 is 5.91 Å². The van der Waals surface area contributed by atoms with Crippen LogP contribution in [0.15, 0.2) is 42.7 Å². The maximum atomic E-state index is 11.8. The quantitative estimate of drug-likeness (QED) is 0.728. The summed E-state index contributed by atoms with van der Waals surface area (Å²) in [4.78, 5) is 18.2. The lowest BCUT2D eigenvalue weighted by atomic mass is 10.1. The number of benzene rings is 1. The second-order valence-electron chi connectivity index (χ2n) is 6.99. The minimum Gasteiger partial charge on any atom is -0.341 e. The molecule has 0 saturated carbocycles. The number of amides is 1. The molecule has 6 heteroatoms. The number of likely N-dealkylation sites (N-methyl/N-ethyl adjacent to an activating group) is 1. The summed E-state index contributed by atoms with van der Waals surface area (Å²) in [7, 11) is 1.89. The van der Waals surface area contributed by atoms with Gasteiger partial charge >= 0.3 is 0 Å². The van der Waals surface area contributed by atoms with Crippen molar-refractivity contribution in [2.24, 2.45) is 0 Å². The van der Waals surface area contributed by atoms with Crippen molar-refractivity contribution in [3.8, 4) is 17.1 Å². The predicted molar refractivity (Wildman–Crippen MR) is 100 cm³/mol. The zero-order valence-corrected chi connectivity index (χ0v) is 15.4. The van der Waals surface area contributed by atoms with E-state index in [1.165, 1.54) is 0 Å². The Bertz CT molecular complexity index is 955. The van der Waals surface area contributed by atoms with Gasteiger partial charge in [0.05, 0.1) is 11.4 Å². The van der Waals surface area contributed by atoms with Crippen molar-refractivity contribution < 1.29 is 4.79 Å². The van der Waals surface area contributed by atoms with E-state index in [1.54, 1.807) is 0 Å². The van der Waals surface area contributed by atoms with Crippen molar-refractivity contribution in [3.63, 3.8) is 0 Å². The third kappa shape index (κ3) is 2.92. The minimum absolute atomic E-state index is 0.225. The zero-order valence-electron chi connectivity index (χ0n) is 15.4. The number of rotatable bonds is 4. The molecular weight excluding hydrogens is 326 g/mol. The smallest absolute Gasteiger partial charge is 0.222 e. The molecule has 0 spiro atoms. The van der Waals surface area contributed by atoms with Gasteiger partial charge in [-0.15, -0.1) is 0 Å². The van der Waals surface area contributed by atoms with Crippen LogP contribution in [0.5, 0.6) is 0 Å². The largest absolute Gasteiger partial charge is 0.341 e. The number of nitrogens with zero attached hydrogens (tertiary/aromatic N) is 5. The van der Waals surface area contributed by atoms with Gasteiger partial charge in [-0.05, 0) is 38.5 Å². The number of likely N-dealkylation sites (tertiary alicyclic amines) is 1. The molecule has 1 aliphatic rings. The minimum atomic E-state index is 0.225. The van der Waals surface area contributed by atoms with E-state index in [-0.39, 0.29) is 11.9 Å². The Morgan fingerprint density at radius 3 is 2.77 bits per heavy atom. The van der Waals surface area contributed by atoms with Crippen LogP contribution in [-0.2, 0) is 11.3 Å². The highest BCUT2D eigenvalue weighted by Crippen LogP contribution is 2.24. The van der Waals surface area contributed by atoms with Gasteiger partial charge in [0.2, 0.25) is 5.91 Å². The summed E-state index contributed by atoms with van der Waals surface area (Å²) < 4.78 is 4.09. The van der Waals surface area contributed by atoms with E-state index in [2.05, 4.69) is 45.8 Å². The standard InChI is InChI=1S/C20H23N5O/c1-14-11-15(2)25(22-14)17-6-4-5-16(12-17)20-21-9-10-24(20)13-18-7-8-19(26)23(18)3/h4-6,9-12,18H,7-8,13H2,1-3H3/t18-/m0/s1. The molecule has 3 heterocycles. The van der Waals surface area contributed by atoms with Crippen LogP contribution in [0, 0.1) is 13.8 Å². The average Bonchev–Trinajstić information content (AvgIpc) is 3.31. The molecule has 134 valence electrons. The number of imidazole rings is 1. The van der Waals surface area contributed by atoms with Crippen LogP contribution in [0.4, 0.5) is 0 Å². The maximum absolute atomic E-state index is 11.8. The molecule has 26 heavy (non-hydrogen) atoms. The lowest BCUT2D eigenvalue weighted by molar-refractivity contribution is -0.127. The SMILES string of the molecule is Cc1cc(C)n(-c2cccc(-c3nccn3C[C@@H]3CCC(=O)N3C)c2)n1. The molecule has 0 aliphatic carbocycles. The van der Waals surface area contributed by atoms with Gasteiger partial charge in [0.1, 0.15) is 5.82 Å². The third-order valence-corrected chi connectivity index (χ3v) is 5.11. The Balaban J connectivity index is 1.65. The molecule has 2 aromatic heterocycles. The summed E-state index contributed by atoms with van der Waals surface area (Å²) in [5.41, 5.74) is 4.18. The predicted octanol–water partition coefficient (Wildman–Crippen LogP) is 2.97. The van der Waals surface area contributed by atoms with Gasteiger partial charge in [-0.1, -0.05) is 12.1 Å². The van der Waals surface area contributed by atoms with E-state index in [1.807, 2.05) is 42.0 Å². The van der Waals surface area contributed by atoms with Crippen LogP contribution in [-0.4, -0.2) is 43.2 Å². The molecule has 4 rings (SSSR count). The number of carbonyl (C=O) groups is 1. The highest BCUT2D eigenvalue weighted by atomic mass is 16.2. The van der Waals surface area contributed by atoms with E-state index in [9.17, 15) is 4.79 Å². The highest BCUT2D eigenvalue weighted by Gasteiger charge is 2.28. The number of aryl methyl sites for hydroxylation is 2. The Kier molecular flexibility index (Phi) is 4.11. The average molecular weight is 349 g/mol. The fourth-order valence-electron chi connectivity index (χ4n) is 3.69. The molecule has 0 unspecified atom stereocenters. The van der Waals surface area contributed by atoms with E-state index in [0.29, 0.717) is 6.42 Å². The van der Waals surface area contributed by atoms with Gasteiger partial charge in [-0.25, -0.2) is 9.67 Å². The van der Waals surface area contributed by atoms with Crippen molar-refractivity contribution in [1.82, 2.24) is 24.2 Å². The highest BCUT2D eigenvalue weighted by molar-refractivity contribution is 5.78. The first-order valence-electron chi connectivity index (χ1n) is 8.94. The zero-order chi connectivity index (χ0) is 18.3. The lowest BCUT2D eigenvalue weighted by Gasteiger charge is -2.21.